The number of ether oxygens (including phenoxy) is 2. The molecule has 0 atom stereocenters. The first-order valence-corrected chi connectivity index (χ1v) is 6.74. The summed E-state index contributed by atoms with van der Waals surface area (Å²) in [4.78, 5) is 11.6. The number of esters is 1. The number of carbonyl (C=O) groups is 1. The number of benzene rings is 1. The van der Waals surface area contributed by atoms with Crippen molar-refractivity contribution >= 4 is 5.97 Å². The number of tetrazole rings is 1. The molecule has 0 N–H and O–H groups in total. The quantitative estimate of drug-likeness (QED) is 0.751. The van der Waals surface area contributed by atoms with Crippen LogP contribution in [-0.2, 0) is 11.3 Å². The van der Waals surface area contributed by atoms with Crippen molar-refractivity contribution in [3.05, 3.63) is 35.2 Å². The molecule has 0 radical (unpaired) electrons. The molecular weight excluding hydrogens is 272 g/mol. The summed E-state index contributed by atoms with van der Waals surface area (Å²) in [7, 11) is 0. The van der Waals surface area contributed by atoms with Gasteiger partial charge in [-0.3, -0.25) is 0 Å². The van der Waals surface area contributed by atoms with Gasteiger partial charge in [-0.05, 0) is 54.5 Å². The van der Waals surface area contributed by atoms with Crippen molar-refractivity contribution in [2.24, 2.45) is 0 Å². The van der Waals surface area contributed by atoms with Crippen LogP contribution in [0.4, 0.5) is 0 Å². The fourth-order valence-corrected chi connectivity index (χ4v) is 1.96. The van der Waals surface area contributed by atoms with E-state index < -0.39 is 5.97 Å². The number of nitrogens with zero attached hydrogens (tertiary/aromatic N) is 4. The van der Waals surface area contributed by atoms with E-state index >= 15 is 0 Å². The van der Waals surface area contributed by atoms with Crippen molar-refractivity contribution < 1.29 is 14.3 Å². The van der Waals surface area contributed by atoms with Gasteiger partial charge < -0.3 is 9.47 Å². The number of carbonyl (C=O) groups excluding carboxylic acids is 1. The first-order chi connectivity index (χ1) is 10.1. The van der Waals surface area contributed by atoms with Crippen molar-refractivity contribution in [3.63, 3.8) is 0 Å². The van der Waals surface area contributed by atoms with Crippen LogP contribution in [-0.4, -0.2) is 39.4 Å². The fourth-order valence-electron chi connectivity index (χ4n) is 1.96. The van der Waals surface area contributed by atoms with Gasteiger partial charge in [0.25, 0.3) is 5.82 Å². The lowest BCUT2D eigenvalue weighted by Gasteiger charge is -2.08. The number of aromatic nitrogens is 4. The highest BCUT2D eigenvalue weighted by atomic mass is 16.5. The zero-order valence-electron chi connectivity index (χ0n) is 12.4. The van der Waals surface area contributed by atoms with Gasteiger partial charge in [0, 0.05) is 0 Å². The second-order valence-electron chi connectivity index (χ2n) is 4.62. The standard InChI is InChI=1S/C14H18N4O3/c1-4-20-14(19)13-15-16-17-18(13)5-6-21-12-8-10(2)7-11(3)9-12/h7-9H,4-6H2,1-3H3. The van der Waals surface area contributed by atoms with E-state index in [0.717, 1.165) is 16.9 Å². The lowest BCUT2D eigenvalue weighted by molar-refractivity contribution is 0.0503. The minimum absolute atomic E-state index is 0.0841. The number of rotatable bonds is 6. The van der Waals surface area contributed by atoms with Gasteiger partial charge in [0.1, 0.15) is 12.4 Å². The molecule has 0 bridgehead atoms. The van der Waals surface area contributed by atoms with Gasteiger partial charge >= 0.3 is 5.97 Å². The third kappa shape index (κ3) is 4.01. The van der Waals surface area contributed by atoms with Gasteiger partial charge in [0.05, 0.1) is 13.2 Å². The molecular formula is C14H18N4O3. The minimum atomic E-state index is -0.533. The first kappa shape index (κ1) is 15.0. The molecule has 0 aliphatic carbocycles. The smallest absolute Gasteiger partial charge is 0.378 e. The summed E-state index contributed by atoms with van der Waals surface area (Å²) in [5.74, 6) is 0.341. The van der Waals surface area contributed by atoms with Crippen molar-refractivity contribution in [1.82, 2.24) is 20.2 Å². The molecule has 112 valence electrons. The van der Waals surface area contributed by atoms with E-state index in [1.165, 1.54) is 4.68 Å². The van der Waals surface area contributed by atoms with E-state index in [0.29, 0.717) is 13.2 Å². The molecule has 21 heavy (non-hydrogen) atoms. The average molecular weight is 290 g/mol. The van der Waals surface area contributed by atoms with Crippen molar-refractivity contribution in [2.75, 3.05) is 13.2 Å². The summed E-state index contributed by atoms with van der Waals surface area (Å²) in [6.07, 6.45) is 0. The van der Waals surface area contributed by atoms with Crippen LogP contribution in [0.15, 0.2) is 18.2 Å². The van der Waals surface area contributed by atoms with Gasteiger partial charge in [-0.2, -0.15) is 0 Å². The van der Waals surface area contributed by atoms with Gasteiger partial charge in [-0.25, -0.2) is 9.48 Å². The van der Waals surface area contributed by atoms with Crippen molar-refractivity contribution in [2.45, 2.75) is 27.3 Å². The summed E-state index contributed by atoms with van der Waals surface area (Å²) in [5.41, 5.74) is 2.28. The Morgan fingerprint density at radius 1 is 1.24 bits per heavy atom. The van der Waals surface area contributed by atoms with Gasteiger partial charge in [-0.15, -0.1) is 5.10 Å². The van der Waals surface area contributed by atoms with Crippen LogP contribution >= 0.6 is 0 Å². The second kappa shape index (κ2) is 6.83. The van der Waals surface area contributed by atoms with Crippen LogP contribution in [0, 0.1) is 13.8 Å². The van der Waals surface area contributed by atoms with Crippen LogP contribution in [0.25, 0.3) is 0 Å². The van der Waals surface area contributed by atoms with Crippen LogP contribution in [0.3, 0.4) is 0 Å². The van der Waals surface area contributed by atoms with Crippen LogP contribution in [0.1, 0.15) is 28.7 Å². The molecule has 0 spiro atoms. The molecule has 0 aliphatic rings. The summed E-state index contributed by atoms with van der Waals surface area (Å²) < 4.78 is 11.9. The zero-order valence-corrected chi connectivity index (χ0v) is 12.4. The fraction of sp³-hybridized carbons (Fsp3) is 0.429. The summed E-state index contributed by atoms with van der Waals surface area (Å²) in [6, 6.07) is 5.99. The predicted molar refractivity (Wildman–Crippen MR) is 75.2 cm³/mol. The topological polar surface area (TPSA) is 79.1 Å². The van der Waals surface area contributed by atoms with Gasteiger partial charge in [-0.1, -0.05) is 6.07 Å². The molecule has 0 aliphatic heterocycles. The molecule has 1 heterocycles. The third-order valence-electron chi connectivity index (χ3n) is 2.76. The molecule has 2 rings (SSSR count). The third-order valence-corrected chi connectivity index (χ3v) is 2.76. The van der Waals surface area contributed by atoms with E-state index in [1.807, 2.05) is 26.0 Å². The lowest BCUT2D eigenvalue weighted by Crippen LogP contribution is -2.17. The van der Waals surface area contributed by atoms with Gasteiger partial charge in [0.2, 0.25) is 0 Å². The molecule has 0 saturated heterocycles. The highest BCUT2D eigenvalue weighted by Crippen LogP contribution is 2.16. The SMILES string of the molecule is CCOC(=O)c1nnnn1CCOc1cc(C)cc(C)c1. The minimum Gasteiger partial charge on any atom is -0.492 e. The lowest BCUT2D eigenvalue weighted by atomic mass is 10.1. The van der Waals surface area contributed by atoms with Crippen molar-refractivity contribution in [3.8, 4) is 5.75 Å². The monoisotopic (exact) mass is 290 g/mol. The Morgan fingerprint density at radius 2 is 1.95 bits per heavy atom. The maximum absolute atomic E-state index is 11.6. The zero-order chi connectivity index (χ0) is 15.2. The van der Waals surface area contributed by atoms with Crippen LogP contribution in [0.5, 0.6) is 5.75 Å². The highest BCUT2D eigenvalue weighted by molar-refractivity contribution is 5.85. The maximum Gasteiger partial charge on any atom is 0.378 e. The number of aryl methyl sites for hydroxylation is 2. The molecule has 1 aromatic heterocycles. The molecule has 0 unspecified atom stereocenters. The Labute approximate surface area is 122 Å². The molecule has 0 fully saturated rings. The molecule has 0 saturated carbocycles. The Bertz CT molecular complexity index is 604. The Kier molecular flexibility index (Phi) is 4.86. The number of hydrogen-bond donors (Lipinski definition) is 0. The van der Waals surface area contributed by atoms with E-state index in [9.17, 15) is 4.79 Å². The highest BCUT2D eigenvalue weighted by Gasteiger charge is 2.16. The van der Waals surface area contributed by atoms with Crippen LogP contribution < -0.4 is 4.74 Å². The van der Waals surface area contributed by atoms with Gasteiger partial charge in [0.15, 0.2) is 0 Å². The Balaban J connectivity index is 1.95. The molecule has 7 nitrogen and oxygen atoms in total. The molecule has 7 heteroatoms. The number of hydrogen-bond acceptors (Lipinski definition) is 6. The summed E-state index contributed by atoms with van der Waals surface area (Å²) >= 11 is 0. The summed E-state index contributed by atoms with van der Waals surface area (Å²) in [5, 5.41) is 10.9. The van der Waals surface area contributed by atoms with E-state index in [-0.39, 0.29) is 12.4 Å². The van der Waals surface area contributed by atoms with Crippen molar-refractivity contribution in [1.29, 1.82) is 0 Å². The predicted octanol–water partition coefficient (Wildman–Crippen LogP) is 1.55. The van der Waals surface area contributed by atoms with Crippen LogP contribution in [0.2, 0.25) is 0 Å². The largest absolute Gasteiger partial charge is 0.492 e. The second-order valence-corrected chi connectivity index (χ2v) is 4.62. The van der Waals surface area contributed by atoms with E-state index in [1.54, 1.807) is 6.92 Å². The first-order valence-electron chi connectivity index (χ1n) is 6.74. The Morgan fingerprint density at radius 3 is 2.62 bits per heavy atom. The van der Waals surface area contributed by atoms with E-state index in [2.05, 4.69) is 21.6 Å². The normalized spacial score (nSPS) is 10.4. The molecule has 2 aromatic rings. The maximum atomic E-state index is 11.6. The molecule has 0 amide bonds. The van der Waals surface area contributed by atoms with E-state index in [4.69, 9.17) is 9.47 Å². The molecule has 1 aromatic carbocycles. The Hall–Kier alpha value is -2.44. The average Bonchev–Trinajstić information content (AvgIpc) is 2.86. The summed E-state index contributed by atoms with van der Waals surface area (Å²) in [6.45, 7) is 6.77.